The third kappa shape index (κ3) is 0.921. The lowest BCUT2D eigenvalue weighted by molar-refractivity contribution is -0.586. The molecule has 0 saturated heterocycles. The molecule has 0 heterocycles. The number of carboxylic acids is 1. The van der Waals surface area contributed by atoms with Crippen molar-refractivity contribution in [3.8, 4) is 0 Å². The topological polar surface area (TPSA) is 80.4 Å². The maximum absolute atomic E-state index is 11.0. The molecule has 76 valence electrons. The Morgan fingerprint density at radius 3 is 2.71 bits per heavy atom. The Morgan fingerprint density at radius 1 is 1.64 bits per heavy atom. The molecule has 0 aliphatic heterocycles. The molecular formula is C9H11NO4. The van der Waals surface area contributed by atoms with E-state index >= 15 is 0 Å². The van der Waals surface area contributed by atoms with Crippen molar-refractivity contribution >= 4 is 5.97 Å². The number of nitrogens with zero attached hydrogens (tertiary/aromatic N) is 1. The number of hydrogen-bond acceptors (Lipinski definition) is 3. The first-order chi connectivity index (χ1) is 6.59. The monoisotopic (exact) mass is 197 g/mol. The molecule has 0 aromatic heterocycles. The predicted octanol–water partition coefficient (Wildman–Crippen LogP) is 1.22. The lowest BCUT2D eigenvalue weighted by Crippen LogP contribution is -2.57. The van der Waals surface area contributed by atoms with Crippen LogP contribution in [0.5, 0.6) is 0 Å². The molecule has 2 aliphatic rings. The molecule has 1 saturated carbocycles. The Labute approximate surface area is 80.6 Å². The Morgan fingerprint density at radius 2 is 2.36 bits per heavy atom. The zero-order valence-electron chi connectivity index (χ0n) is 7.60. The van der Waals surface area contributed by atoms with E-state index in [-0.39, 0.29) is 11.5 Å². The summed E-state index contributed by atoms with van der Waals surface area (Å²) < 4.78 is 0. The van der Waals surface area contributed by atoms with Crippen LogP contribution in [0.25, 0.3) is 0 Å². The Hall–Kier alpha value is -1.39. The number of carboxylic acid groups (broad SMARTS) is 1. The van der Waals surface area contributed by atoms with Gasteiger partial charge < -0.3 is 5.11 Å². The van der Waals surface area contributed by atoms with Crippen LogP contribution in [0.1, 0.15) is 25.7 Å². The number of aliphatic carboxylic acids is 1. The van der Waals surface area contributed by atoms with Crippen LogP contribution in [0.15, 0.2) is 11.6 Å². The summed E-state index contributed by atoms with van der Waals surface area (Å²) in [5.74, 6) is -1.19. The van der Waals surface area contributed by atoms with Gasteiger partial charge in [-0.25, -0.2) is 4.79 Å². The lowest BCUT2D eigenvalue weighted by atomic mass is 9.59. The van der Waals surface area contributed by atoms with Gasteiger partial charge >= 0.3 is 5.97 Å². The summed E-state index contributed by atoms with van der Waals surface area (Å²) in [6, 6.07) is 0. The Kier molecular flexibility index (Phi) is 1.83. The van der Waals surface area contributed by atoms with Gasteiger partial charge in [-0.2, -0.15) is 0 Å². The summed E-state index contributed by atoms with van der Waals surface area (Å²) >= 11 is 0. The first-order valence-electron chi connectivity index (χ1n) is 4.67. The van der Waals surface area contributed by atoms with Crippen molar-refractivity contribution in [2.45, 2.75) is 31.2 Å². The maximum Gasteiger partial charge on any atom is 0.338 e. The molecule has 0 amide bonds. The smallest absolute Gasteiger partial charge is 0.338 e. The number of rotatable bonds is 2. The van der Waals surface area contributed by atoms with Gasteiger partial charge in [0.1, 0.15) is 5.57 Å². The molecule has 0 aromatic rings. The van der Waals surface area contributed by atoms with Crippen molar-refractivity contribution in [3.63, 3.8) is 0 Å². The van der Waals surface area contributed by atoms with Gasteiger partial charge in [-0.05, 0) is 19.3 Å². The van der Waals surface area contributed by atoms with E-state index in [9.17, 15) is 14.9 Å². The molecule has 2 atom stereocenters. The van der Waals surface area contributed by atoms with Crippen LogP contribution in [0, 0.1) is 16.0 Å². The van der Waals surface area contributed by atoms with E-state index in [1.165, 1.54) is 6.08 Å². The largest absolute Gasteiger partial charge is 0.478 e. The molecule has 0 radical (unpaired) electrons. The van der Waals surface area contributed by atoms with Gasteiger partial charge in [-0.3, -0.25) is 10.1 Å². The summed E-state index contributed by atoms with van der Waals surface area (Å²) in [6.45, 7) is 0. The third-order valence-corrected chi connectivity index (χ3v) is 3.44. The van der Waals surface area contributed by atoms with E-state index in [1.54, 1.807) is 0 Å². The van der Waals surface area contributed by atoms with E-state index in [0.29, 0.717) is 12.8 Å². The van der Waals surface area contributed by atoms with Gasteiger partial charge in [0.2, 0.25) is 0 Å². The highest BCUT2D eigenvalue weighted by Gasteiger charge is 2.63. The number of fused-ring (bicyclic) bond motifs is 1. The normalized spacial score (nSPS) is 35.1. The average molecular weight is 197 g/mol. The molecule has 0 spiro atoms. The molecule has 1 fully saturated rings. The van der Waals surface area contributed by atoms with Crippen LogP contribution in [0.2, 0.25) is 0 Å². The molecule has 2 aliphatic carbocycles. The van der Waals surface area contributed by atoms with Gasteiger partial charge in [0.25, 0.3) is 5.54 Å². The quantitative estimate of drug-likeness (QED) is 0.533. The molecule has 5 nitrogen and oxygen atoms in total. The van der Waals surface area contributed by atoms with Crippen molar-refractivity contribution in [3.05, 3.63) is 21.8 Å². The van der Waals surface area contributed by atoms with Crippen molar-refractivity contribution in [1.82, 2.24) is 0 Å². The van der Waals surface area contributed by atoms with Crippen LogP contribution in [-0.4, -0.2) is 21.5 Å². The lowest BCUT2D eigenvalue weighted by Gasteiger charge is -2.44. The molecule has 0 bridgehead atoms. The highest BCUT2D eigenvalue weighted by atomic mass is 16.6. The minimum Gasteiger partial charge on any atom is -0.478 e. The van der Waals surface area contributed by atoms with Crippen LogP contribution in [-0.2, 0) is 4.79 Å². The van der Waals surface area contributed by atoms with Gasteiger partial charge in [0.15, 0.2) is 0 Å². The number of carbonyl (C=O) groups is 1. The summed E-state index contributed by atoms with van der Waals surface area (Å²) in [7, 11) is 0. The standard InChI is InChI=1S/C9H11NO4/c11-8(12)7-3-1-2-6-4-5-9(6,7)10(13)14/h3,6H,1-2,4-5H2,(H,11,12). The molecule has 2 rings (SSSR count). The van der Waals surface area contributed by atoms with Crippen LogP contribution in [0.4, 0.5) is 0 Å². The fraction of sp³-hybridized carbons (Fsp3) is 0.667. The molecule has 1 N–H and O–H groups in total. The number of hydrogen-bond donors (Lipinski definition) is 1. The van der Waals surface area contributed by atoms with Gasteiger partial charge in [0.05, 0.1) is 0 Å². The molecule has 0 aromatic carbocycles. The molecular weight excluding hydrogens is 186 g/mol. The maximum atomic E-state index is 11.0. The van der Waals surface area contributed by atoms with Gasteiger partial charge in [0, 0.05) is 17.3 Å². The zero-order chi connectivity index (χ0) is 10.3. The molecule has 5 heteroatoms. The summed E-state index contributed by atoms with van der Waals surface area (Å²) in [6.07, 6.45) is 4.08. The predicted molar refractivity (Wildman–Crippen MR) is 47.4 cm³/mol. The minimum absolute atomic E-state index is 0.00463. The van der Waals surface area contributed by atoms with E-state index in [2.05, 4.69) is 0 Å². The second kappa shape index (κ2) is 2.80. The number of allylic oxidation sites excluding steroid dienone is 1. The van der Waals surface area contributed by atoms with Gasteiger partial charge in [-0.15, -0.1) is 0 Å². The fourth-order valence-corrected chi connectivity index (χ4v) is 2.58. The van der Waals surface area contributed by atoms with Crippen molar-refractivity contribution in [2.24, 2.45) is 5.92 Å². The second-order valence-corrected chi connectivity index (χ2v) is 3.92. The second-order valence-electron chi connectivity index (χ2n) is 3.92. The summed E-state index contributed by atoms with van der Waals surface area (Å²) in [4.78, 5) is 21.4. The van der Waals surface area contributed by atoms with E-state index in [1.807, 2.05) is 0 Å². The summed E-state index contributed by atoms with van der Waals surface area (Å²) in [5.41, 5.74) is -1.26. The van der Waals surface area contributed by atoms with Crippen molar-refractivity contribution in [1.29, 1.82) is 0 Å². The van der Waals surface area contributed by atoms with Crippen LogP contribution >= 0.6 is 0 Å². The van der Waals surface area contributed by atoms with Crippen molar-refractivity contribution < 1.29 is 14.8 Å². The molecule has 14 heavy (non-hydrogen) atoms. The molecule has 2 unspecified atom stereocenters. The van der Waals surface area contributed by atoms with Gasteiger partial charge in [-0.1, -0.05) is 6.08 Å². The van der Waals surface area contributed by atoms with E-state index in [0.717, 1.165) is 12.8 Å². The fourth-order valence-electron chi connectivity index (χ4n) is 2.58. The Bertz CT molecular complexity index is 336. The zero-order valence-corrected chi connectivity index (χ0v) is 7.60. The minimum atomic E-state index is -1.26. The Balaban J connectivity index is 2.43. The third-order valence-electron chi connectivity index (χ3n) is 3.44. The average Bonchev–Trinajstić information content (AvgIpc) is 2.05. The highest BCUT2D eigenvalue weighted by molar-refractivity contribution is 5.89. The van der Waals surface area contributed by atoms with E-state index < -0.39 is 16.4 Å². The van der Waals surface area contributed by atoms with Crippen LogP contribution < -0.4 is 0 Å². The van der Waals surface area contributed by atoms with Crippen LogP contribution in [0.3, 0.4) is 0 Å². The highest BCUT2D eigenvalue weighted by Crippen LogP contribution is 2.51. The SMILES string of the molecule is O=C(O)C1=CCCC2CCC12[N+](=O)[O-]. The first kappa shape index (κ1) is 9.18. The van der Waals surface area contributed by atoms with Crippen molar-refractivity contribution in [2.75, 3.05) is 0 Å². The first-order valence-corrected chi connectivity index (χ1v) is 4.67. The summed E-state index contributed by atoms with van der Waals surface area (Å²) in [5, 5.41) is 19.9. The number of nitro groups is 1. The van der Waals surface area contributed by atoms with E-state index in [4.69, 9.17) is 5.11 Å².